The Morgan fingerprint density at radius 1 is 1.41 bits per heavy atom. The first-order chi connectivity index (χ1) is 8.28. The topological polar surface area (TPSA) is 85.2 Å². The highest BCUT2D eigenvalue weighted by atomic mass is 16.5. The Bertz CT molecular complexity index is 393. The number of nitrogens with zero attached hydrogens (tertiary/aromatic N) is 2. The van der Waals surface area contributed by atoms with Crippen LogP contribution in [-0.2, 0) is 0 Å². The van der Waals surface area contributed by atoms with Crippen molar-refractivity contribution in [1.29, 1.82) is 0 Å². The molecule has 5 nitrogen and oxygen atoms in total. The summed E-state index contributed by atoms with van der Waals surface area (Å²) in [6, 6.07) is -0.333. The van der Waals surface area contributed by atoms with Gasteiger partial charge in [0, 0.05) is 12.5 Å². The smallest absolute Gasteiger partial charge is 0.243 e. The Balaban J connectivity index is 1.72. The maximum atomic E-state index is 8.83. The van der Waals surface area contributed by atoms with Gasteiger partial charge in [-0.1, -0.05) is 11.6 Å². The molecule has 0 saturated heterocycles. The standard InChI is InChI=1S/C12H19N3O2/c13-10(3-4-16)12-14-11(15-17-12)9-6-7-1-2-8(9)5-7/h7-10,16H,1-6,13H2. The second-order valence-corrected chi connectivity index (χ2v) is 5.39. The van der Waals surface area contributed by atoms with Gasteiger partial charge in [0.25, 0.3) is 0 Å². The normalized spacial score (nSPS) is 33.2. The number of fused-ring (bicyclic) bond motifs is 2. The number of nitrogens with two attached hydrogens (primary N) is 1. The molecule has 0 aliphatic heterocycles. The summed E-state index contributed by atoms with van der Waals surface area (Å²) in [6.07, 6.45) is 5.69. The van der Waals surface area contributed by atoms with Crippen molar-refractivity contribution in [3.63, 3.8) is 0 Å². The van der Waals surface area contributed by atoms with E-state index < -0.39 is 0 Å². The Morgan fingerprint density at radius 3 is 2.94 bits per heavy atom. The van der Waals surface area contributed by atoms with Crippen molar-refractivity contribution in [2.45, 2.75) is 44.1 Å². The molecule has 1 aromatic rings. The first-order valence-electron chi connectivity index (χ1n) is 6.48. The van der Waals surface area contributed by atoms with E-state index in [-0.39, 0.29) is 12.6 Å². The van der Waals surface area contributed by atoms with Crippen LogP contribution < -0.4 is 5.73 Å². The first kappa shape index (κ1) is 11.2. The van der Waals surface area contributed by atoms with Crippen LogP contribution in [0.1, 0.15) is 55.8 Å². The van der Waals surface area contributed by atoms with Crippen LogP contribution in [0.5, 0.6) is 0 Å². The summed E-state index contributed by atoms with van der Waals surface area (Å²) in [5.41, 5.74) is 5.84. The summed E-state index contributed by atoms with van der Waals surface area (Å²) in [5.74, 6) is 3.41. The van der Waals surface area contributed by atoms with E-state index in [4.69, 9.17) is 15.4 Å². The number of aliphatic hydroxyl groups is 1. The van der Waals surface area contributed by atoms with E-state index in [9.17, 15) is 0 Å². The van der Waals surface area contributed by atoms with Crippen LogP contribution in [0.25, 0.3) is 0 Å². The summed E-state index contributed by atoms with van der Waals surface area (Å²) in [5, 5.41) is 12.9. The molecule has 0 spiro atoms. The Morgan fingerprint density at radius 2 is 2.29 bits per heavy atom. The van der Waals surface area contributed by atoms with Gasteiger partial charge in [0.1, 0.15) is 0 Å². The van der Waals surface area contributed by atoms with Crippen molar-refractivity contribution in [3.8, 4) is 0 Å². The second-order valence-electron chi connectivity index (χ2n) is 5.39. The Hall–Kier alpha value is -0.940. The lowest BCUT2D eigenvalue weighted by molar-refractivity contribution is 0.258. The van der Waals surface area contributed by atoms with Gasteiger partial charge in [-0.25, -0.2) is 0 Å². The molecule has 4 unspecified atom stereocenters. The molecule has 2 aliphatic carbocycles. The van der Waals surface area contributed by atoms with E-state index in [1.165, 1.54) is 25.7 Å². The van der Waals surface area contributed by atoms with Gasteiger partial charge in [0.05, 0.1) is 6.04 Å². The number of hydrogen-bond donors (Lipinski definition) is 2. The van der Waals surface area contributed by atoms with E-state index in [1.807, 2.05) is 0 Å². The highest BCUT2D eigenvalue weighted by Gasteiger charge is 2.42. The number of aromatic nitrogens is 2. The van der Waals surface area contributed by atoms with Crippen LogP contribution in [0.4, 0.5) is 0 Å². The van der Waals surface area contributed by atoms with Crippen LogP contribution >= 0.6 is 0 Å². The lowest BCUT2D eigenvalue weighted by Gasteiger charge is -2.17. The third kappa shape index (κ3) is 1.98. The van der Waals surface area contributed by atoms with E-state index in [1.54, 1.807) is 0 Å². The summed E-state index contributed by atoms with van der Waals surface area (Å²) in [6.45, 7) is 0.0486. The monoisotopic (exact) mass is 237 g/mol. The summed E-state index contributed by atoms with van der Waals surface area (Å²) < 4.78 is 5.20. The predicted molar refractivity (Wildman–Crippen MR) is 61.1 cm³/mol. The van der Waals surface area contributed by atoms with Gasteiger partial charge in [0.15, 0.2) is 5.82 Å². The van der Waals surface area contributed by atoms with E-state index in [0.29, 0.717) is 18.2 Å². The van der Waals surface area contributed by atoms with Crippen molar-refractivity contribution in [2.75, 3.05) is 6.61 Å². The Labute approximate surface area is 100 Å². The molecule has 1 heterocycles. The highest BCUT2D eigenvalue weighted by Crippen LogP contribution is 2.52. The molecule has 4 atom stereocenters. The van der Waals surface area contributed by atoms with E-state index in [0.717, 1.165) is 17.7 Å². The van der Waals surface area contributed by atoms with Gasteiger partial charge in [0.2, 0.25) is 5.89 Å². The minimum Gasteiger partial charge on any atom is -0.396 e. The molecule has 0 amide bonds. The zero-order chi connectivity index (χ0) is 11.8. The van der Waals surface area contributed by atoms with Gasteiger partial charge >= 0.3 is 0 Å². The van der Waals surface area contributed by atoms with Crippen LogP contribution in [0.3, 0.4) is 0 Å². The number of aliphatic hydroxyl groups excluding tert-OH is 1. The number of hydrogen-bond acceptors (Lipinski definition) is 5. The van der Waals surface area contributed by atoms with Gasteiger partial charge in [-0.05, 0) is 37.5 Å². The molecule has 3 N–H and O–H groups in total. The molecule has 2 bridgehead atoms. The maximum absolute atomic E-state index is 8.83. The van der Waals surface area contributed by atoms with Crippen molar-refractivity contribution >= 4 is 0 Å². The van der Waals surface area contributed by atoms with Crippen LogP contribution in [0.15, 0.2) is 4.52 Å². The van der Waals surface area contributed by atoms with Crippen molar-refractivity contribution in [2.24, 2.45) is 17.6 Å². The van der Waals surface area contributed by atoms with E-state index >= 15 is 0 Å². The third-order valence-corrected chi connectivity index (χ3v) is 4.28. The lowest BCUT2D eigenvalue weighted by Crippen LogP contribution is -2.13. The highest BCUT2D eigenvalue weighted by molar-refractivity contribution is 5.07. The molecule has 17 heavy (non-hydrogen) atoms. The maximum Gasteiger partial charge on any atom is 0.243 e. The molecule has 0 aromatic carbocycles. The van der Waals surface area contributed by atoms with Crippen LogP contribution in [0, 0.1) is 11.8 Å². The third-order valence-electron chi connectivity index (χ3n) is 4.28. The molecule has 1 aromatic heterocycles. The van der Waals surface area contributed by atoms with Crippen molar-refractivity contribution in [1.82, 2.24) is 10.1 Å². The Kier molecular flexibility index (Phi) is 2.88. The molecule has 2 aliphatic rings. The predicted octanol–water partition coefficient (Wildman–Crippen LogP) is 1.36. The molecule has 94 valence electrons. The largest absolute Gasteiger partial charge is 0.396 e. The minimum absolute atomic E-state index is 0.0486. The van der Waals surface area contributed by atoms with Gasteiger partial charge in [-0.15, -0.1) is 0 Å². The fraction of sp³-hybridized carbons (Fsp3) is 0.833. The molecule has 2 fully saturated rings. The molecule has 0 radical (unpaired) electrons. The fourth-order valence-corrected chi connectivity index (χ4v) is 3.37. The molecular formula is C12H19N3O2. The first-order valence-corrected chi connectivity index (χ1v) is 6.48. The fourth-order valence-electron chi connectivity index (χ4n) is 3.37. The minimum atomic E-state index is -0.333. The SMILES string of the molecule is NC(CCO)c1nc(C2CC3CCC2C3)no1. The summed E-state index contributed by atoms with van der Waals surface area (Å²) >= 11 is 0. The van der Waals surface area contributed by atoms with Crippen LogP contribution in [-0.4, -0.2) is 21.9 Å². The quantitative estimate of drug-likeness (QED) is 0.825. The molecular weight excluding hydrogens is 218 g/mol. The average Bonchev–Trinajstić information content (AvgIpc) is 3.05. The van der Waals surface area contributed by atoms with Gasteiger partial charge in [-0.3, -0.25) is 0 Å². The molecule has 3 rings (SSSR count). The molecule has 5 heteroatoms. The summed E-state index contributed by atoms with van der Waals surface area (Å²) in [4.78, 5) is 4.42. The van der Waals surface area contributed by atoms with Crippen molar-refractivity contribution in [3.05, 3.63) is 11.7 Å². The average molecular weight is 237 g/mol. The van der Waals surface area contributed by atoms with Crippen molar-refractivity contribution < 1.29 is 9.63 Å². The second kappa shape index (κ2) is 4.38. The zero-order valence-electron chi connectivity index (χ0n) is 9.88. The van der Waals surface area contributed by atoms with E-state index in [2.05, 4.69) is 10.1 Å². The zero-order valence-corrected chi connectivity index (χ0v) is 9.88. The number of rotatable bonds is 4. The van der Waals surface area contributed by atoms with Gasteiger partial charge in [-0.2, -0.15) is 4.98 Å². The van der Waals surface area contributed by atoms with Crippen LogP contribution in [0.2, 0.25) is 0 Å². The lowest BCUT2D eigenvalue weighted by atomic mass is 9.88. The van der Waals surface area contributed by atoms with Gasteiger partial charge < -0.3 is 15.4 Å². The molecule has 2 saturated carbocycles. The summed E-state index contributed by atoms with van der Waals surface area (Å²) in [7, 11) is 0.